The number of unbranched alkanes of at least 4 members (excludes halogenated alkanes) is 1. The number of benzene rings is 1. The lowest BCUT2D eigenvalue weighted by Crippen LogP contribution is -2.08. The van der Waals surface area contributed by atoms with Crippen molar-refractivity contribution in [3.63, 3.8) is 0 Å². The Bertz CT molecular complexity index is 283. The Labute approximate surface area is 83.9 Å². The van der Waals surface area contributed by atoms with Crippen LogP contribution in [0.3, 0.4) is 0 Å². The molecule has 1 N–H and O–H groups in total. The molecule has 0 amide bonds. The van der Waals surface area contributed by atoms with Crippen LogP contribution in [0.1, 0.15) is 18.4 Å². The maximum atomic E-state index is 11.3. The monoisotopic (exact) mass is 193 g/mol. The highest BCUT2D eigenvalue weighted by Crippen LogP contribution is 1.94. The minimum atomic E-state index is 0.152. The van der Waals surface area contributed by atoms with Crippen molar-refractivity contribution in [2.75, 3.05) is 13.2 Å². The maximum Gasteiger partial charge on any atom is 0.181 e. The molecule has 0 aromatic heterocycles. The van der Waals surface area contributed by atoms with Crippen LogP contribution in [0.4, 0.5) is 0 Å². The molecule has 0 atom stereocenters. The van der Waals surface area contributed by atoms with Gasteiger partial charge in [0.15, 0.2) is 12.8 Å². The first kappa shape index (κ1) is 10.7. The van der Waals surface area contributed by atoms with Gasteiger partial charge in [0.2, 0.25) is 0 Å². The Morgan fingerprint density at radius 1 is 1.21 bits per heavy atom. The summed E-state index contributed by atoms with van der Waals surface area (Å²) in [4.78, 5) is 0. The van der Waals surface area contributed by atoms with Crippen molar-refractivity contribution in [2.24, 2.45) is 0 Å². The summed E-state index contributed by atoms with van der Waals surface area (Å²) in [5.41, 5.74) is 0.909. The molecule has 14 heavy (non-hydrogen) atoms. The molecule has 0 fully saturated rings. The standard InChI is InChI=1S/C11H15NO2/c13-9-5-4-8-12(14)10-11-6-2-1-3-7-11/h1-3,6-7,10,13H,4-5,8-9H2. The van der Waals surface area contributed by atoms with Gasteiger partial charge in [0.25, 0.3) is 0 Å². The summed E-state index contributed by atoms with van der Waals surface area (Å²) in [6.45, 7) is 0.592. The normalized spacial score (nSPS) is 11.6. The van der Waals surface area contributed by atoms with E-state index in [1.54, 1.807) is 6.21 Å². The second-order valence-electron chi connectivity index (χ2n) is 3.11. The molecule has 0 aliphatic heterocycles. The van der Waals surface area contributed by atoms with Gasteiger partial charge in [0.1, 0.15) is 0 Å². The van der Waals surface area contributed by atoms with E-state index in [-0.39, 0.29) is 6.61 Å². The van der Waals surface area contributed by atoms with Crippen LogP contribution in [0, 0.1) is 5.21 Å². The first-order chi connectivity index (χ1) is 6.83. The van der Waals surface area contributed by atoms with Gasteiger partial charge in [-0.25, -0.2) is 4.74 Å². The zero-order chi connectivity index (χ0) is 10.2. The van der Waals surface area contributed by atoms with E-state index < -0.39 is 0 Å². The Hall–Kier alpha value is -1.35. The highest BCUT2D eigenvalue weighted by Gasteiger charge is 1.95. The van der Waals surface area contributed by atoms with Crippen LogP contribution in [0.25, 0.3) is 0 Å². The predicted molar refractivity (Wildman–Crippen MR) is 56.4 cm³/mol. The summed E-state index contributed by atoms with van der Waals surface area (Å²) in [5, 5.41) is 19.8. The SMILES string of the molecule is [O-][N+](=Cc1ccccc1)CCCCO. The van der Waals surface area contributed by atoms with E-state index in [4.69, 9.17) is 5.11 Å². The Kier molecular flexibility index (Phi) is 4.72. The summed E-state index contributed by atoms with van der Waals surface area (Å²) in [6.07, 6.45) is 2.97. The molecule has 0 saturated heterocycles. The molecular formula is C11H15NO2. The van der Waals surface area contributed by atoms with Crippen LogP contribution in [0.15, 0.2) is 30.3 Å². The van der Waals surface area contributed by atoms with Crippen molar-refractivity contribution in [1.82, 2.24) is 0 Å². The van der Waals surface area contributed by atoms with Gasteiger partial charge in [-0.1, -0.05) is 18.2 Å². The van der Waals surface area contributed by atoms with Crippen molar-refractivity contribution >= 4 is 6.21 Å². The molecule has 3 nitrogen and oxygen atoms in total. The summed E-state index contributed by atoms with van der Waals surface area (Å²) in [6, 6.07) is 9.48. The van der Waals surface area contributed by atoms with E-state index in [1.807, 2.05) is 30.3 Å². The van der Waals surface area contributed by atoms with Gasteiger partial charge in [-0.15, -0.1) is 0 Å². The lowest BCUT2D eigenvalue weighted by atomic mass is 10.2. The zero-order valence-corrected chi connectivity index (χ0v) is 8.10. The molecule has 0 heterocycles. The average Bonchev–Trinajstić information content (AvgIpc) is 2.20. The highest BCUT2D eigenvalue weighted by molar-refractivity contribution is 5.75. The molecule has 1 aromatic carbocycles. The van der Waals surface area contributed by atoms with Crippen LogP contribution in [-0.2, 0) is 0 Å². The fourth-order valence-electron chi connectivity index (χ4n) is 1.15. The van der Waals surface area contributed by atoms with Gasteiger partial charge < -0.3 is 10.3 Å². The minimum absolute atomic E-state index is 0.152. The summed E-state index contributed by atoms with van der Waals surface area (Å²) >= 11 is 0. The van der Waals surface area contributed by atoms with Crippen LogP contribution < -0.4 is 0 Å². The van der Waals surface area contributed by atoms with Gasteiger partial charge in [0, 0.05) is 18.6 Å². The van der Waals surface area contributed by atoms with Crippen molar-refractivity contribution in [1.29, 1.82) is 0 Å². The van der Waals surface area contributed by atoms with E-state index in [1.165, 1.54) is 0 Å². The van der Waals surface area contributed by atoms with Gasteiger partial charge in [-0.05, 0) is 18.6 Å². The minimum Gasteiger partial charge on any atom is -0.624 e. The molecule has 0 aliphatic carbocycles. The molecule has 0 bridgehead atoms. The molecule has 0 saturated carbocycles. The Balaban J connectivity index is 2.43. The van der Waals surface area contributed by atoms with Crippen LogP contribution >= 0.6 is 0 Å². The Morgan fingerprint density at radius 2 is 1.93 bits per heavy atom. The van der Waals surface area contributed by atoms with E-state index >= 15 is 0 Å². The third-order valence-electron chi connectivity index (χ3n) is 1.88. The summed E-state index contributed by atoms with van der Waals surface area (Å²) in [5.74, 6) is 0. The third-order valence-corrected chi connectivity index (χ3v) is 1.88. The van der Waals surface area contributed by atoms with Crippen LogP contribution in [0.5, 0.6) is 0 Å². The number of nitrogens with zero attached hydrogens (tertiary/aromatic N) is 1. The molecular weight excluding hydrogens is 178 g/mol. The molecule has 0 aliphatic rings. The summed E-state index contributed by atoms with van der Waals surface area (Å²) in [7, 11) is 0. The smallest absolute Gasteiger partial charge is 0.181 e. The molecule has 0 radical (unpaired) electrons. The first-order valence-corrected chi connectivity index (χ1v) is 4.77. The second-order valence-corrected chi connectivity index (χ2v) is 3.11. The number of rotatable bonds is 5. The number of aliphatic hydroxyl groups is 1. The fourth-order valence-corrected chi connectivity index (χ4v) is 1.15. The lowest BCUT2D eigenvalue weighted by molar-refractivity contribution is -0.453. The molecule has 1 aromatic rings. The van der Waals surface area contributed by atoms with Crippen LogP contribution in [0.2, 0.25) is 0 Å². The van der Waals surface area contributed by atoms with Crippen molar-refractivity contribution < 1.29 is 9.85 Å². The molecule has 1 rings (SSSR count). The van der Waals surface area contributed by atoms with E-state index in [9.17, 15) is 5.21 Å². The topological polar surface area (TPSA) is 46.3 Å². The van der Waals surface area contributed by atoms with E-state index in [0.717, 1.165) is 16.7 Å². The number of hydrogen-bond acceptors (Lipinski definition) is 2. The molecule has 0 unspecified atom stereocenters. The second kappa shape index (κ2) is 6.16. The maximum absolute atomic E-state index is 11.3. The quantitative estimate of drug-likeness (QED) is 0.252. The van der Waals surface area contributed by atoms with E-state index in [0.29, 0.717) is 13.0 Å². The first-order valence-electron chi connectivity index (χ1n) is 4.77. The average molecular weight is 193 g/mol. The fraction of sp³-hybridized carbons (Fsp3) is 0.364. The van der Waals surface area contributed by atoms with Crippen LogP contribution in [-0.4, -0.2) is 29.2 Å². The van der Waals surface area contributed by atoms with Crippen molar-refractivity contribution in [2.45, 2.75) is 12.8 Å². The third kappa shape index (κ3) is 4.05. The largest absolute Gasteiger partial charge is 0.624 e. The summed E-state index contributed by atoms with van der Waals surface area (Å²) < 4.78 is 0.908. The number of aliphatic hydroxyl groups excluding tert-OH is 1. The zero-order valence-electron chi connectivity index (χ0n) is 8.10. The van der Waals surface area contributed by atoms with Gasteiger partial charge in [-0.3, -0.25) is 0 Å². The van der Waals surface area contributed by atoms with Crippen molar-refractivity contribution in [3.05, 3.63) is 41.1 Å². The molecule has 76 valence electrons. The van der Waals surface area contributed by atoms with Crippen molar-refractivity contribution in [3.8, 4) is 0 Å². The Morgan fingerprint density at radius 3 is 2.57 bits per heavy atom. The number of hydrogen-bond donors (Lipinski definition) is 1. The van der Waals surface area contributed by atoms with Gasteiger partial charge >= 0.3 is 0 Å². The molecule has 0 spiro atoms. The van der Waals surface area contributed by atoms with E-state index in [2.05, 4.69) is 0 Å². The number of hydroxylamine groups is 1. The molecule has 3 heteroatoms. The van der Waals surface area contributed by atoms with Gasteiger partial charge in [0.05, 0.1) is 0 Å². The highest BCUT2D eigenvalue weighted by atomic mass is 16.5. The predicted octanol–water partition coefficient (Wildman–Crippen LogP) is 1.39. The lowest BCUT2D eigenvalue weighted by Gasteiger charge is -2.02. The van der Waals surface area contributed by atoms with Gasteiger partial charge in [-0.2, -0.15) is 0 Å².